The molecule has 220 valence electrons. The Balaban J connectivity index is 1.97. The van der Waals surface area contributed by atoms with Gasteiger partial charge in [0.2, 0.25) is 0 Å². The first-order chi connectivity index (χ1) is 20.1. The van der Waals surface area contributed by atoms with Crippen LogP contribution in [0.4, 0.5) is 23.8 Å². The molecular formula is C24H12BrF6N3O3S5. The quantitative estimate of drug-likeness (QED) is 0.181. The van der Waals surface area contributed by atoms with E-state index < -0.39 is 115 Å². The van der Waals surface area contributed by atoms with Gasteiger partial charge >= 0.3 is 0 Å². The van der Waals surface area contributed by atoms with Gasteiger partial charge in [-0.1, -0.05) is 0 Å². The molecule has 42 heavy (non-hydrogen) atoms. The van der Waals surface area contributed by atoms with E-state index in [1.54, 1.807) is 6.07 Å². The van der Waals surface area contributed by atoms with E-state index in [-0.39, 0.29) is 27.3 Å². The molecule has 0 aliphatic heterocycles. The molecule has 0 spiro atoms. The fraction of sp³-hybridized carbons (Fsp3) is 0.125. The van der Waals surface area contributed by atoms with Crippen molar-refractivity contribution in [3.05, 3.63) is 57.8 Å². The third-order valence-corrected chi connectivity index (χ3v) is 9.18. The van der Waals surface area contributed by atoms with Gasteiger partial charge in [-0.05, 0) is 53.2 Å². The molecule has 6 nitrogen and oxygen atoms in total. The SMILES string of the molecule is C[C@@](C#N)(COc1cc(C#N)ccc1Oc1ccc(F)cc1Br)NC(=O)c1c(SF)c(SF)c(SF)c(SF)c1SF. The maximum Gasteiger partial charge on any atom is 0.255 e. The van der Waals surface area contributed by atoms with E-state index in [0.717, 1.165) is 12.1 Å². The second-order valence-electron chi connectivity index (χ2n) is 8.04. The summed E-state index contributed by atoms with van der Waals surface area (Å²) in [4.78, 5) is 9.23. The molecule has 0 unspecified atom stereocenters. The number of ether oxygens (including phenoxy) is 2. The van der Waals surface area contributed by atoms with Gasteiger partial charge in [0.05, 0.1) is 113 Å². The first-order valence-corrected chi connectivity index (χ1v) is 15.2. The average Bonchev–Trinajstić information content (AvgIpc) is 2.99. The number of benzene rings is 3. The number of carbonyl (C=O) groups excluding carboxylic acids is 1. The zero-order chi connectivity index (χ0) is 31.0. The van der Waals surface area contributed by atoms with Crippen molar-refractivity contribution in [3.8, 4) is 29.4 Å². The topological polar surface area (TPSA) is 95.1 Å². The van der Waals surface area contributed by atoms with E-state index >= 15 is 0 Å². The summed E-state index contributed by atoms with van der Waals surface area (Å²) in [6, 6.07) is 11.3. The molecule has 0 aromatic heterocycles. The highest BCUT2D eigenvalue weighted by atomic mass is 79.9. The summed E-state index contributed by atoms with van der Waals surface area (Å²) in [5.74, 6) is -1.72. The fourth-order valence-electron chi connectivity index (χ4n) is 3.29. The molecule has 0 saturated carbocycles. The number of halogens is 7. The lowest BCUT2D eigenvalue weighted by Crippen LogP contribution is -2.49. The predicted molar refractivity (Wildman–Crippen MR) is 154 cm³/mol. The van der Waals surface area contributed by atoms with E-state index in [0.29, 0.717) is 0 Å². The van der Waals surface area contributed by atoms with Crippen LogP contribution in [0.5, 0.6) is 17.2 Å². The number of nitriles is 2. The van der Waals surface area contributed by atoms with Gasteiger partial charge in [0, 0.05) is 6.07 Å². The van der Waals surface area contributed by atoms with Crippen LogP contribution < -0.4 is 14.8 Å². The molecule has 0 aliphatic rings. The Labute approximate surface area is 265 Å². The van der Waals surface area contributed by atoms with Crippen LogP contribution in [0.1, 0.15) is 22.8 Å². The number of carbonyl (C=O) groups is 1. The fourth-order valence-corrected chi connectivity index (χ4v) is 6.65. The number of hydrogen-bond donors (Lipinski definition) is 1. The largest absolute Gasteiger partial charge is 0.486 e. The number of nitrogens with one attached hydrogen (secondary N) is 1. The van der Waals surface area contributed by atoms with Crippen molar-refractivity contribution in [2.45, 2.75) is 36.9 Å². The number of nitrogens with zero attached hydrogens (tertiary/aromatic N) is 2. The van der Waals surface area contributed by atoms with E-state index in [4.69, 9.17) is 9.47 Å². The Kier molecular flexibility index (Phi) is 12.4. The molecule has 0 radical (unpaired) electrons. The maximum atomic E-state index is 13.9. The van der Waals surface area contributed by atoms with Crippen LogP contribution in [-0.2, 0) is 0 Å². The summed E-state index contributed by atoms with van der Waals surface area (Å²) >= 11 is -0.244. The lowest BCUT2D eigenvalue weighted by Gasteiger charge is -2.25. The second kappa shape index (κ2) is 15.3. The lowest BCUT2D eigenvalue weighted by molar-refractivity contribution is 0.0892. The molecule has 1 amide bonds. The summed E-state index contributed by atoms with van der Waals surface area (Å²) < 4.78 is 94.0. The minimum absolute atomic E-state index is 0.0358. The van der Waals surface area contributed by atoms with Gasteiger partial charge in [-0.2, -0.15) is 30.0 Å². The summed E-state index contributed by atoms with van der Waals surface area (Å²) in [5.41, 5.74) is -2.68. The van der Waals surface area contributed by atoms with Crippen molar-refractivity contribution >= 4 is 82.6 Å². The summed E-state index contributed by atoms with van der Waals surface area (Å²) in [5, 5.41) is 21.4. The third-order valence-electron chi connectivity index (χ3n) is 5.23. The minimum Gasteiger partial charge on any atom is -0.486 e. The number of amides is 1. The van der Waals surface area contributed by atoms with Crippen molar-refractivity contribution in [2.24, 2.45) is 0 Å². The monoisotopic (exact) mass is 743 g/mol. The Bertz CT molecular complexity index is 1560. The van der Waals surface area contributed by atoms with E-state index in [9.17, 15) is 39.1 Å². The Morgan fingerprint density at radius 1 is 0.881 bits per heavy atom. The highest BCUT2D eigenvalue weighted by molar-refractivity contribution is 9.10. The molecule has 3 rings (SSSR count). The van der Waals surface area contributed by atoms with Crippen molar-refractivity contribution in [1.82, 2.24) is 5.32 Å². The minimum atomic E-state index is -1.94. The molecule has 0 bridgehead atoms. The Morgan fingerprint density at radius 3 is 1.93 bits per heavy atom. The van der Waals surface area contributed by atoms with Crippen molar-refractivity contribution < 1.29 is 38.1 Å². The van der Waals surface area contributed by atoms with Crippen molar-refractivity contribution in [1.29, 1.82) is 10.5 Å². The lowest BCUT2D eigenvalue weighted by atomic mass is 10.0. The molecule has 18 heteroatoms. The standard InChI is InChI=1S/C24H12BrF6N3O3S5/c1-24(9-33,34-23(35)17-18(38-27)20(40-29)22(42-31)21(41-30)19(17)39-28)10-36-16-6-11(8-32)2-4-15(16)37-14-5-3-12(26)7-13(14)25/h2-7H,10H2,1H3,(H,34,35)/t24-/m1/s1. The average molecular weight is 745 g/mol. The molecule has 1 atom stereocenters. The predicted octanol–water partition coefficient (Wildman–Crippen LogP) is 10.2. The van der Waals surface area contributed by atoms with Crippen LogP contribution in [-0.4, -0.2) is 18.1 Å². The summed E-state index contributed by atoms with van der Waals surface area (Å²) in [6.07, 6.45) is 0. The van der Waals surface area contributed by atoms with Gasteiger partial charge in [-0.3, -0.25) is 4.79 Å². The van der Waals surface area contributed by atoms with Gasteiger partial charge in [-0.25, -0.2) is 4.39 Å². The molecule has 0 saturated heterocycles. The summed E-state index contributed by atoms with van der Waals surface area (Å²) in [6.45, 7) is 0.553. The van der Waals surface area contributed by atoms with Crippen LogP contribution in [0.25, 0.3) is 0 Å². The van der Waals surface area contributed by atoms with Gasteiger partial charge in [0.15, 0.2) is 17.0 Å². The van der Waals surface area contributed by atoms with Crippen LogP contribution in [0.15, 0.2) is 65.3 Å². The maximum absolute atomic E-state index is 13.9. The third kappa shape index (κ3) is 7.53. The van der Waals surface area contributed by atoms with Crippen LogP contribution >= 0.6 is 76.7 Å². The zero-order valence-corrected chi connectivity index (χ0v) is 26.1. The van der Waals surface area contributed by atoms with Gasteiger partial charge in [0.25, 0.3) is 5.91 Å². The molecule has 3 aromatic carbocycles. The van der Waals surface area contributed by atoms with Gasteiger partial charge in [0.1, 0.15) is 18.2 Å². The van der Waals surface area contributed by atoms with Crippen molar-refractivity contribution in [3.63, 3.8) is 0 Å². The number of hydrogen-bond acceptors (Lipinski definition) is 10. The number of rotatable bonds is 12. The second-order valence-corrected chi connectivity index (χ2v) is 11.7. The normalized spacial score (nSPS) is 12.1. The van der Waals surface area contributed by atoms with Crippen LogP contribution in [0, 0.1) is 28.5 Å². The van der Waals surface area contributed by atoms with Crippen LogP contribution in [0.2, 0.25) is 0 Å². The zero-order valence-electron chi connectivity index (χ0n) is 20.5. The highest BCUT2D eigenvalue weighted by Gasteiger charge is 2.35. The van der Waals surface area contributed by atoms with Crippen LogP contribution in [0.3, 0.4) is 0 Å². The smallest absolute Gasteiger partial charge is 0.255 e. The van der Waals surface area contributed by atoms with E-state index in [1.165, 1.54) is 31.2 Å². The molecule has 3 aromatic rings. The Hall–Kier alpha value is -2.48. The Morgan fingerprint density at radius 2 is 1.43 bits per heavy atom. The molecule has 0 fully saturated rings. The summed E-state index contributed by atoms with van der Waals surface area (Å²) in [7, 11) is 0. The van der Waals surface area contributed by atoms with E-state index in [2.05, 4.69) is 21.2 Å². The first kappa shape index (κ1) is 34.0. The molecule has 0 heterocycles. The first-order valence-electron chi connectivity index (χ1n) is 10.8. The molecule has 1 N–H and O–H groups in total. The van der Waals surface area contributed by atoms with Crippen molar-refractivity contribution in [2.75, 3.05) is 6.61 Å². The molecule has 0 aliphatic carbocycles. The van der Waals surface area contributed by atoms with Gasteiger partial charge < -0.3 is 14.8 Å². The molecular weight excluding hydrogens is 733 g/mol. The van der Waals surface area contributed by atoms with E-state index in [1.807, 2.05) is 6.07 Å². The highest BCUT2D eigenvalue weighted by Crippen LogP contribution is 2.52. The van der Waals surface area contributed by atoms with Gasteiger partial charge in [-0.15, -0.1) is 0 Å².